The minimum absolute atomic E-state index is 0.0301. The largest absolute Gasteiger partial charge is 0.388 e. The highest BCUT2D eigenvalue weighted by Gasteiger charge is 2.32. The summed E-state index contributed by atoms with van der Waals surface area (Å²) in [6.45, 7) is 3.57. The van der Waals surface area contributed by atoms with Gasteiger partial charge >= 0.3 is 0 Å². The maximum atomic E-state index is 9.07. The summed E-state index contributed by atoms with van der Waals surface area (Å²) in [7, 11) is 0. The van der Waals surface area contributed by atoms with Gasteiger partial charge in [-0.15, -0.1) is 0 Å². The highest BCUT2D eigenvalue weighted by atomic mass is 35.6. The first kappa shape index (κ1) is 9.83. The van der Waals surface area contributed by atoms with Gasteiger partial charge in [-0.2, -0.15) is 0 Å². The third-order valence-electron chi connectivity index (χ3n) is 0.967. The van der Waals surface area contributed by atoms with Gasteiger partial charge in [0.1, 0.15) is 6.10 Å². The van der Waals surface area contributed by atoms with E-state index in [0.717, 1.165) is 0 Å². The molecule has 0 aliphatic rings. The highest BCUT2D eigenvalue weighted by Crippen LogP contribution is 2.33. The van der Waals surface area contributed by atoms with Crippen LogP contribution in [-0.2, 0) is 0 Å². The second-order valence-corrected chi connectivity index (χ2v) is 4.60. The SMILES string of the molecule is CC(C)[C@@H](O)C(Cl)(Cl)Cl. The van der Waals surface area contributed by atoms with Crippen molar-refractivity contribution < 1.29 is 5.11 Å². The Bertz CT molecular complexity index is 86.7. The molecular formula is C5H9Cl3O. The van der Waals surface area contributed by atoms with E-state index in [0.29, 0.717) is 0 Å². The highest BCUT2D eigenvalue weighted by molar-refractivity contribution is 6.68. The molecule has 0 saturated heterocycles. The molecule has 0 aliphatic heterocycles. The molecule has 4 heteroatoms. The summed E-state index contributed by atoms with van der Waals surface area (Å²) in [5, 5.41) is 9.07. The molecule has 0 fully saturated rings. The van der Waals surface area contributed by atoms with Gasteiger partial charge in [0.05, 0.1) is 0 Å². The molecule has 0 aliphatic carbocycles. The van der Waals surface area contributed by atoms with Crippen LogP contribution in [0.4, 0.5) is 0 Å². The van der Waals surface area contributed by atoms with Crippen molar-refractivity contribution in [3.8, 4) is 0 Å². The van der Waals surface area contributed by atoms with Gasteiger partial charge in [-0.1, -0.05) is 48.7 Å². The van der Waals surface area contributed by atoms with Gasteiger partial charge in [0.15, 0.2) is 0 Å². The van der Waals surface area contributed by atoms with Crippen LogP contribution in [0.3, 0.4) is 0 Å². The van der Waals surface area contributed by atoms with Crippen LogP contribution in [0.5, 0.6) is 0 Å². The summed E-state index contributed by atoms with van der Waals surface area (Å²) in [6, 6.07) is 0. The van der Waals surface area contributed by atoms with Gasteiger partial charge in [0.25, 0.3) is 0 Å². The summed E-state index contributed by atoms with van der Waals surface area (Å²) in [4.78, 5) is 0. The van der Waals surface area contributed by atoms with E-state index < -0.39 is 9.90 Å². The van der Waals surface area contributed by atoms with Crippen molar-refractivity contribution in [2.24, 2.45) is 5.92 Å². The molecule has 0 aromatic heterocycles. The van der Waals surface area contributed by atoms with E-state index in [2.05, 4.69) is 0 Å². The van der Waals surface area contributed by atoms with E-state index in [1.165, 1.54) is 0 Å². The summed E-state index contributed by atoms with van der Waals surface area (Å²) in [6.07, 6.45) is -0.887. The first-order valence-corrected chi connectivity index (χ1v) is 3.74. The quantitative estimate of drug-likeness (QED) is 0.631. The van der Waals surface area contributed by atoms with Gasteiger partial charge < -0.3 is 5.11 Å². The molecule has 9 heavy (non-hydrogen) atoms. The molecule has 1 nitrogen and oxygen atoms in total. The molecule has 0 saturated carbocycles. The Kier molecular flexibility index (Phi) is 3.59. The fourth-order valence-corrected chi connectivity index (χ4v) is 1.13. The summed E-state index contributed by atoms with van der Waals surface area (Å²) in [5.41, 5.74) is 0. The van der Waals surface area contributed by atoms with Crippen molar-refractivity contribution in [1.82, 2.24) is 0 Å². The molecule has 0 bridgehead atoms. The molecule has 1 atom stereocenters. The second-order valence-electron chi connectivity index (χ2n) is 2.23. The number of alkyl halides is 3. The van der Waals surface area contributed by atoms with E-state index in [1.54, 1.807) is 13.8 Å². The zero-order chi connectivity index (χ0) is 7.65. The van der Waals surface area contributed by atoms with Gasteiger partial charge in [-0.3, -0.25) is 0 Å². The van der Waals surface area contributed by atoms with Gasteiger partial charge in [-0.25, -0.2) is 0 Å². The summed E-state index contributed by atoms with van der Waals surface area (Å²) in [5.74, 6) is -0.0301. The minimum atomic E-state index is -1.55. The lowest BCUT2D eigenvalue weighted by atomic mass is 10.1. The van der Waals surface area contributed by atoms with Crippen LogP contribution in [-0.4, -0.2) is 15.0 Å². The normalized spacial score (nSPS) is 16.3. The Balaban J connectivity index is 3.88. The molecule has 0 aromatic rings. The maximum absolute atomic E-state index is 9.07. The van der Waals surface area contributed by atoms with E-state index in [9.17, 15) is 0 Å². The number of rotatable bonds is 1. The van der Waals surface area contributed by atoms with Crippen LogP contribution in [0.25, 0.3) is 0 Å². The lowest BCUT2D eigenvalue weighted by Gasteiger charge is -2.21. The number of hydrogen-bond donors (Lipinski definition) is 1. The van der Waals surface area contributed by atoms with E-state index in [1.807, 2.05) is 0 Å². The van der Waals surface area contributed by atoms with Crippen LogP contribution >= 0.6 is 34.8 Å². The Morgan fingerprint density at radius 1 is 1.22 bits per heavy atom. The minimum Gasteiger partial charge on any atom is -0.388 e. The van der Waals surface area contributed by atoms with Crippen LogP contribution in [0, 0.1) is 5.92 Å². The Labute approximate surface area is 69.9 Å². The number of halogens is 3. The van der Waals surface area contributed by atoms with Crippen molar-refractivity contribution in [2.75, 3.05) is 0 Å². The third kappa shape index (κ3) is 3.51. The summed E-state index contributed by atoms with van der Waals surface area (Å²) >= 11 is 16.1. The molecule has 0 spiro atoms. The Morgan fingerprint density at radius 3 is 1.56 bits per heavy atom. The smallest absolute Gasteiger partial charge is 0.216 e. The van der Waals surface area contributed by atoms with E-state index in [-0.39, 0.29) is 5.92 Å². The van der Waals surface area contributed by atoms with Crippen molar-refractivity contribution in [3.05, 3.63) is 0 Å². The Morgan fingerprint density at radius 2 is 1.56 bits per heavy atom. The monoisotopic (exact) mass is 190 g/mol. The van der Waals surface area contributed by atoms with E-state index >= 15 is 0 Å². The fourth-order valence-electron chi connectivity index (χ4n) is 0.378. The predicted molar refractivity (Wildman–Crippen MR) is 41.1 cm³/mol. The number of aliphatic hydroxyl groups is 1. The van der Waals surface area contributed by atoms with Gasteiger partial charge in [0.2, 0.25) is 3.79 Å². The second kappa shape index (κ2) is 3.29. The first-order chi connectivity index (χ1) is 3.85. The standard InChI is InChI=1S/C5H9Cl3O/c1-3(2)4(9)5(6,7)8/h3-4,9H,1-2H3/t4-/m1/s1. The molecule has 0 amide bonds. The molecule has 0 aromatic carbocycles. The predicted octanol–water partition coefficient (Wildman–Crippen LogP) is 2.37. The number of aliphatic hydroxyl groups excluding tert-OH is 1. The zero-order valence-electron chi connectivity index (χ0n) is 5.24. The average molecular weight is 191 g/mol. The van der Waals surface area contributed by atoms with Crippen molar-refractivity contribution in [3.63, 3.8) is 0 Å². The topological polar surface area (TPSA) is 20.2 Å². The van der Waals surface area contributed by atoms with Crippen molar-refractivity contribution in [2.45, 2.75) is 23.7 Å². The lowest BCUT2D eigenvalue weighted by molar-refractivity contribution is 0.129. The zero-order valence-corrected chi connectivity index (χ0v) is 7.50. The molecule has 0 radical (unpaired) electrons. The van der Waals surface area contributed by atoms with Crippen LogP contribution in [0.15, 0.2) is 0 Å². The van der Waals surface area contributed by atoms with Crippen molar-refractivity contribution >= 4 is 34.8 Å². The van der Waals surface area contributed by atoms with Gasteiger partial charge in [-0.05, 0) is 5.92 Å². The van der Waals surface area contributed by atoms with Crippen LogP contribution in [0.2, 0.25) is 0 Å². The van der Waals surface area contributed by atoms with Gasteiger partial charge in [0, 0.05) is 0 Å². The lowest BCUT2D eigenvalue weighted by Crippen LogP contribution is -2.30. The maximum Gasteiger partial charge on any atom is 0.216 e. The molecule has 0 rings (SSSR count). The molecular weight excluding hydrogens is 182 g/mol. The molecule has 56 valence electrons. The van der Waals surface area contributed by atoms with Crippen LogP contribution < -0.4 is 0 Å². The summed E-state index contributed by atoms with van der Waals surface area (Å²) < 4.78 is -1.55. The molecule has 0 unspecified atom stereocenters. The number of hydrogen-bond acceptors (Lipinski definition) is 1. The Hall–Kier alpha value is 0.830. The first-order valence-electron chi connectivity index (χ1n) is 2.60. The third-order valence-corrected chi connectivity index (χ3v) is 1.64. The van der Waals surface area contributed by atoms with Crippen molar-refractivity contribution in [1.29, 1.82) is 0 Å². The van der Waals surface area contributed by atoms with Crippen LogP contribution in [0.1, 0.15) is 13.8 Å². The molecule has 0 heterocycles. The van der Waals surface area contributed by atoms with E-state index in [4.69, 9.17) is 39.9 Å². The molecule has 1 N–H and O–H groups in total. The fraction of sp³-hybridized carbons (Fsp3) is 1.00. The average Bonchev–Trinajstić information content (AvgIpc) is 1.62.